The number of H-pyrrole nitrogens is 1. The molecule has 0 spiro atoms. The van der Waals surface area contributed by atoms with Gasteiger partial charge in [-0.1, -0.05) is 18.2 Å². The number of imide groups is 2. The van der Waals surface area contributed by atoms with Gasteiger partial charge < -0.3 is 19.0 Å². The fraction of sp³-hybridized carbons (Fsp3) is 0.0189. The largest absolute Gasteiger partial charge is 0.507 e. The molecule has 6 heterocycles. The second kappa shape index (κ2) is 14.3. The molecule has 3 N–H and O–H groups in total. The first-order valence-electron chi connectivity index (χ1n) is 21.6. The van der Waals surface area contributed by atoms with Crippen molar-refractivity contribution >= 4 is 78.7 Å². The van der Waals surface area contributed by atoms with Gasteiger partial charge in [-0.2, -0.15) is 0 Å². The van der Waals surface area contributed by atoms with Crippen LogP contribution >= 0.6 is 0 Å². The number of aromatic nitrogens is 4. The Morgan fingerprint density at radius 1 is 0.437 bits per heavy atom. The Labute approximate surface area is 393 Å². The summed E-state index contributed by atoms with van der Waals surface area (Å²) in [6.45, 7) is 1.91. The topological polar surface area (TPSA) is 256 Å². The lowest BCUT2D eigenvalue weighted by Gasteiger charge is -2.14. The number of carbonyl (C=O) groups is 4. The van der Waals surface area contributed by atoms with Gasteiger partial charge in [0.1, 0.15) is 22.5 Å². The number of anilines is 2. The lowest BCUT2D eigenvalue weighted by atomic mass is 9.97. The Kier molecular flexibility index (Phi) is 8.25. The number of hydrogen-bond acceptors (Lipinski definition) is 14. The summed E-state index contributed by atoms with van der Waals surface area (Å²) in [5, 5.41) is 21.9. The third-order valence-electron chi connectivity index (χ3n) is 13.0. The molecule has 71 heavy (non-hydrogen) atoms. The van der Waals surface area contributed by atoms with Crippen LogP contribution in [0, 0.1) is 6.92 Å². The molecule has 2 aliphatic heterocycles. The van der Waals surface area contributed by atoms with Crippen molar-refractivity contribution in [3.8, 4) is 51.2 Å². The van der Waals surface area contributed by atoms with E-state index in [1.807, 2.05) is 19.1 Å². The van der Waals surface area contributed by atoms with Gasteiger partial charge in [-0.25, -0.2) is 24.3 Å². The van der Waals surface area contributed by atoms with Crippen LogP contribution < -0.4 is 32.0 Å². The molecule has 18 heteroatoms. The van der Waals surface area contributed by atoms with Gasteiger partial charge in [-0.15, -0.1) is 0 Å². The molecule has 7 aromatic carbocycles. The zero-order valence-corrected chi connectivity index (χ0v) is 36.3. The number of phenols is 2. The summed E-state index contributed by atoms with van der Waals surface area (Å²) in [7, 11) is 0. The van der Waals surface area contributed by atoms with Gasteiger partial charge in [-0.05, 0) is 127 Å². The van der Waals surface area contributed by atoms with Crippen LogP contribution in [0.5, 0.6) is 11.5 Å². The normalized spacial score (nSPS) is 13.5. The monoisotopic (exact) mass is 938 g/mol. The van der Waals surface area contributed by atoms with Gasteiger partial charge in [0.05, 0.1) is 72.0 Å². The van der Waals surface area contributed by atoms with Crippen molar-refractivity contribution in [1.29, 1.82) is 0 Å². The second-order valence-electron chi connectivity index (χ2n) is 17.1. The predicted octanol–water partition coefficient (Wildman–Crippen LogP) is 7.03. The lowest BCUT2D eigenvalue weighted by Crippen LogP contribution is -2.29. The maximum Gasteiger partial charge on any atom is 0.266 e. The number of fused-ring (bicyclic) bond motifs is 6. The van der Waals surface area contributed by atoms with Gasteiger partial charge in [-0.3, -0.25) is 43.3 Å². The van der Waals surface area contributed by atoms with E-state index in [0.29, 0.717) is 22.2 Å². The van der Waals surface area contributed by atoms with E-state index in [1.54, 1.807) is 18.2 Å². The van der Waals surface area contributed by atoms with E-state index in [-0.39, 0.29) is 106 Å². The zero-order chi connectivity index (χ0) is 48.9. The second-order valence-corrected chi connectivity index (χ2v) is 17.1. The SMILES string of the molecule is Cc1ccc2oc(-c3cc(O)c(-c4nc5cc(N6C(=O)c7ccc(-c8ccc9c(c8)C(=O)N(c8ccc(-n%10c(=O)c%11cc%12c(=O)[nH]c(=O)c%12cc%11c%10=O)cc8)C9=O)cc7C6=O)ccc5o4)cc3O)nc2c1. The van der Waals surface area contributed by atoms with E-state index in [2.05, 4.69) is 15.0 Å². The molecule has 0 bridgehead atoms. The Bertz CT molecular complexity index is 4450. The van der Waals surface area contributed by atoms with Gasteiger partial charge in [0, 0.05) is 0 Å². The molecule has 0 saturated carbocycles. The number of rotatable bonds is 6. The third kappa shape index (κ3) is 5.88. The number of oxazole rings is 2. The molecular formula is C53H26N6O12. The van der Waals surface area contributed by atoms with Crippen molar-refractivity contribution in [1.82, 2.24) is 19.5 Å². The van der Waals surface area contributed by atoms with Crippen LogP contribution in [0.4, 0.5) is 11.4 Å². The average Bonchev–Trinajstić information content (AvgIpc) is 4.20. The number of aromatic hydroxyl groups is 2. The van der Waals surface area contributed by atoms with Gasteiger partial charge in [0.2, 0.25) is 11.8 Å². The fourth-order valence-corrected chi connectivity index (χ4v) is 9.44. The number of aromatic amines is 1. The molecule has 0 saturated heterocycles. The molecule has 0 aliphatic carbocycles. The molecule has 4 amide bonds. The Balaban J connectivity index is 0.753. The van der Waals surface area contributed by atoms with E-state index in [1.165, 1.54) is 91.0 Å². The first-order valence-corrected chi connectivity index (χ1v) is 21.6. The molecule has 13 rings (SSSR count). The van der Waals surface area contributed by atoms with E-state index in [0.717, 1.165) is 19.9 Å². The van der Waals surface area contributed by atoms with E-state index < -0.39 is 45.9 Å². The molecule has 2 aliphatic rings. The minimum Gasteiger partial charge on any atom is -0.507 e. The molecule has 18 nitrogen and oxygen atoms in total. The fourth-order valence-electron chi connectivity index (χ4n) is 9.44. The minimum absolute atomic E-state index is 0.0120. The van der Waals surface area contributed by atoms with Gasteiger partial charge in [0.25, 0.3) is 45.9 Å². The predicted molar refractivity (Wildman–Crippen MR) is 257 cm³/mol. The molecule has 340 valence electrons. The maximum absolute atomic E-state index is 14.0. The summed E-state index contributed by atoms with van der Waals surface area (Å²) in [6.07, 6.45) is 0. The van der Waals surface area contributed by atoms with Gasteiger partial charge >= 0.3 is 0 Å². The zero-order valence-electron chi connectivity index (χ0n) is 36.3. The number of benzene rings is 7. The Hall–Kier alpha value is -10.4. The Morgan fingerprint density at radius 3 is 1.42 bits per heavy atom. The number of aryl methyl sites for hydroxylation is 1. The highest BCUT2D eigenvalue weighted by Gasteiger charge is 2.39. The van der Waals surface area contributed by atoms with Crippen LogP contribution in [0.3, 0.4) is 0 Å². The summed E-state index contributed by atoms with van der Waals surface area (Å²) in [5.74, 6) is -2.98. The van der Waals surface area contributed by atoms with Crippen LogP contribution in [0.2, 0.25) is 0 Å². The number of nitrogens with zero attached hydrogens (tertiary/aromatic N) is 5. The summed E-state index contributed by atoms with van der Waals surface area (Å²) in [4.78, 5) is 120. The molecule has 0 atom stereocenters. The lowest BCUT2D eigenvalue weighted by molar-refractivity contribution is 0.0910. The average molecular weight is 939 g/mol. The van der Waals surface area contributed by atoms with Crippen molar-refractivity contribution in [2.45, 2.75) is 6.92 Å². The highest BCUT2D eigenvalue weighted by molar-refractivity contribution is 6.36. The van der Waals surface area contributed by atoms with Crippen LogP contribution in [0.25, 0.3) is 83.5 Å². The van der Waals surface area contributed by atoms with Crippen molar-refractivity contribution in [2.24, 2.45) is 0 Å². The van der Waals surface area contributed by atoms with Crippen LogP contribution in [-0.4, -0.2) is 53.4 Å². The van der Waals surface area contributed by atoms with Gasteiger partial charge in [0.15, 0.2) is 11.2 Å². The highest BCUT2D eigenvalue weighted by atomic mass is 16.4. The van der Waals surface area contributed by atoms with Crippen molar-refractivity contribution < 1.29 is 38.2 Å². The van der Waals surface area contributed by atoms with Crippen molar-refractivity contribution in [3.63, 3.8) is 0 Å². The van der Waals surface area contributed by atoms with Crippen LogP contribution in [0.15, 0.2) is 149 Å². The minimum atomic E-state index is -0.716. The molecule has 0 unspecified atom stereocenters. The van der Waals surface area contributed by atoms with E-state index >= 15 is 0 Å². The molecule has 0 fully saturated rings. The molecule has 11 aromatic rings. The highest BCUT2D eigenvalue weighted by Crippen LogP contribution is 2.42. The number of amides is 4. The Morgan fingerprint density at radius 2 is 0.887 bits per heavy atom. The maximum atomic E-state index is 14.0. The number of hydrogen-bond donors (Lipinski definition) is 3. The summed E-state index contributed by atoms with van der Waals surface area (Å²) in [6, 6.07) is 29.9. The molecule has 4 aromatic heterocycles. The first-order chi connectivity index (χ1) is 34.2. The van der Waals surface area contributed by atoms with E-state index in [9.17, 15) is 48.6 Å². The van der Waals surface area contributed by atoms with Crippen molar-refractivity contribution in [2.75, 3.05) is 9.80 Å². The van der Waals surface area contributed by atoms with Crippen LogP contribution in [0.1, 0.15) is 47.0 Å². The molecular weight excluding hydrogens is 913 g/mol. The molecule has 0 radical (unpaired) electrons. The number of phenolic OH excluding ortho intramolecular Hbond substituents is 2. The van der Waals surface area contributed by atoms with Crippen LogP contribution in [-0.2, 0) is 0 Å². The summed E-state index contributed by atoms with van der Waals surface area (Å²) in [5.41, 5.74) is 1.83. The first kappa shape index (κ1) is 40.9. The number of nitrogens with one attached hydrogen (secondary N) is 1. The quantitative estimate of drug-likeness (QED) is 0.112. The number of carbonyl (C=O) groups excluding carboxylic acids is 4. The summed E-state index contributed by atoms with van der Waals surface area (Å²) < 4.78 is 12.6. The standard InChI is InChI=1S/C53H26N6O12/c1-22-2-12-42-38(14-22)54-46(70-42)36-20-41(61)37(21-40(36)60)47-55-39-17-27(9-13-43(39)71-47)59-49(65)29-11-4-24(16-33(29)51(59)67)23-3-10-28-32(15-23)50(66)57(48(28)64)25-5-7-26(8-6-25)58-52(68)34-18-30-31(19-35(34)53(58)69)45(63)56-44(30)62/h2-21,60-61H,1H3,(H,56,62,63). The third-order valence-corrected chi connectivity index (χ3v) is 13.0. The van der Waals surface area contributed by atoms with E-state index in [4.69, 9.17) is 8.83 Å². The smallest absolute Gasteiger partial charge is 0.266 e. The summed E-state index contributed by atoms with van der Waals surface area (Å²) >= 11 is 0. The van der Waals surface area contributed by atoms with Crippen molar-refractivity contribution in [3.05, 3.63) is 191 Å².